The number of halogens is 2. The van der Waals surface area contributed by atoms with Crippen LogP contribution in [0.1, 0.15) is 31.7 Å². The first-order valence-corrected chi connectivity index (χ1v) is 9.64. The SMILES string of the molecule is CCNC(=NCCCN1CCCC1=O)NCCc1ccc(OC)cc1Cl.I. The van der Waals surface area contributed by atoms with Crippen molar-refractivity contribution in [3.8, 4) is 5.75 Å². The number of nitrogens with one attached hydrogen (secondary N) is 2. The number of nitrogens with zero attached hydrogens (tertiary/aromatic N) is 2. The van der Waals surface area contributed by atoms with E-state index in [-0.39, 0.29) is 29.9 Å². The quantitative estimate of drug-likeness (QED) is 0.233. The van der Waals surface area contributed by atoms with E-state index in [4.69, 9.17) is 16.3 Å². The number of aliphatic imine (C=N–C) groups is 1. The van der Waals surface area contributed by atoms with E-state index in [0.29, 0.717) is 18.0 Å². The molecule has 1 amide bonds. The van der Waals surface area contributed by atoms with Crippen LogP contribution < -0.4 is 15.4 Å². The largest absolute Gasteiger partial charge is 0.497 e. The van der Waals surface area contributed by atoms with Gasteiger partial charge in [0.15, 0.2) is 5.96 Å². The van der Waals surface area contributed by atoms with Gasteiger partial charge < -0.3 is 20.3 Å². The first-order chi connectivity index (χ1) is 12.6. The van der Waals surface area contributed by atoms with Crippen LogP contribution >= 0.6 is 35.6 Å². The average Bonchev–Trinajstić information content (AvgIpc) is 3.04. The minimum absolute atomic E-state index is 0. The van der Waals surface area contributed by atoms with E-state index in [2.05, 4.69) is 15.6 Å². The number of likely N-dealkylation sites (tertiary alicyclic amines) is 1. The maximum absolute atomic E-state index is 11.6. The van der Waals surface area contributed by atoms with Crippen LogP contribution in [0.2, 0.25) is 5.02 Å². The molecule has 27 heavy (non-hydrogen) atoms. The van der Waals surface area contributed by atoms with Gasteiger partial charge in [0, 0.05) is 44.2 Å². The maximum atomic E-state index is 11.6. The summed E-state index contributed by atoms with van der Waals surface area (Å²) in [6, 6.07) is 5.73. The van der Waals surface area contributed by atoms with Crippen molar-refractivity contribution >= 4 is 47.4 Å². The second kappa shape index (κ2) is 13.0. The topological polar surface area (TPSA) is 66.0 Å². The van der Waals surface area contributed by atoms with Crippen LogP contribution in [-0.4, -0.2) is 56.6 Å². The van der Waals surface area contributed by atoms with Crippen LogP contribution in [0.3, 0.4) is 0 Å². The van der Waals surface area contributed by atoms with Crippen molar-refractivity contribution < 1.29 is 9.53 Å². The van der Waals surface area contributed by atoms with Crippen LogP contribution in [0.4, 0.5) is 0 Å². The molecule has 8 heteroatoms. The molecule has 1 aliphatic heterocycles. The molecule has 152 valence electrons. The van der Waals surface area contributed by atoms with Crippen LogP contribution in [0.25, 0.3) is 0 Å². The molecule has 0 radical (unpaired) electrons. The number of ether oxygens (including phenoxy) is 1. The van der Waals surface area contributed by atoms with Gasteiger partial charge in [-0.15, -0.1) is 24.0 Å². The number of amides is 1. The van der Waals surface area contributed by atoms with Crippen molar-refractivity contribution in [1.29, 1.82) is 0 Å². The number of carbonyl (C=O) groups is 1. The minimum Gasteiger partial charge on any atom is -0.497 e. The Morgan fingerprint density at radius 1 is 1.37 bits per heavy atom. The van der Waals surface area contributed by atoms with Gasteiger partial charge >= 0.3 is 0 Å². The fraction of sp³-hybridized carbons (Fsp3) is 0.579. The summed E-state index contributed by atoms with van der Waals surface area (Å²) < 4.78 is 5.17. The monoisotopic (exact) mass is 508 g/mol. The van der Waals surface area contributed by atoms with Gasteiger partial charge in [-0.2, -0.15) is 0 Å². The molecular formula is C19H30ClIN4O2. The zero-order chi connectivity index (χ0) is 18.8. The summed E-state index contributed by atoms with van der Waals surface area (Å²) in [5.74, 6) is 1.83. The van der Waals surface area contributed by atoms with E-state index in [0.717, 1.165) is 62.7 Å². The standard InChI is InChI=1S/C19H29ClN4O2.HI/c1-3-21-19(22-10-5-13-24-12-4-6-18(24)25)23-11-9-15-7-8-16(26-2)14-17(15)20;/h7-8,14H,3-6,9-13H2,1-2H3,(H2,21,22,23);1H. The molecule has 1 aromatic carbocycles. The van der Waals surface area contributed by atoms with Gasteiger partial charge in [0.1, 0.15) is 5.75 Å². The van der Waals surface area contributed by atoms with Gasteiger partial charge in [-0.1, -0.05) is 17.7 Å². The second-order valence-corrected chi connectivity index (χ2v) is 6.64. The lowest BCUT2D eigenvalue weighted by atomic mass is 10.1. The Labute approximate surface area is 184 Å². The lowest BCUT2D eigenvalue weighted by Crippen LogP contribution is -2.38. The third-order valence-corrected chi connectivity index (χ3v) is 4.67. The van der Waals surface area contributed by atoms with E-state index in [1.165, 1.54) is 0 Å². The van der Waals surface area contributed by atoms with Crippen LogP contribution in [0.5, 0.6) is 5.75 Å². The molecule has 1 aromatic rings. The minimum atomic E-state index is 0. The maximum Gasteiger partial charge on any atom is 0.222 e. The first kappa shape index (κ1) is 23.8. The predicted octanol–water partition coefficient (Wildman–Crippen LogP) is 3.08. The zero-order valence-electron chi connectivity index (χ0n) is 16.1. The third kappa shape index (κ3) is 8.13. The molecule has 0 atom stereocenters. The Bertz CT molecular complexity index is 628. The summed E-state index contributed by atoms with van der Waals surface area (Å²) >= 11 is 6.28. The number of methoxy groups -OCH3 is 1. The Morgan fingerprint density at radius 2 is 2.19 bits per heavy atom. The normalized spacial score (nSPS) is 14.1. The van der Waals surface area contributed by atoms with Gasteiger partial charge in [-0.05, 0) is 43.9 Å². The van der Waals surface area contributed by atoms with Gasteiger partial charge in [-0.25, -0.2) is 0 Å². The number of hydrogen-bond acceptors (Lipinski definition) is 3. The Hall–Kier alpha value is -1.22. The lowest BCUT2D eigenvalue weighted by molar-refractivity contribution is -0.127. The molecule has 2 N–H and O–H groups in total. The highest BCUT2D eigenvalue weighted by Gasteiger charge is 2.18. The van der Waals surface area contributed by atoms with Crippen molar-refractivity contribution in [2.24, 2.45) is 4.99 Å². The summed E-state index contributed by atoms with van der Waals surface area (Å²) in [6.07, 6.45) is 3.36. The van der Waals surface area contributed by atoms with Gasteiger partial charge in [0.05, 0.1) is 7.11 Å². The highest BCUT2D eigenvalue weighted by molar-refractivity contribution is 14.0. The molecule has 0 aliphatic carbocycles. The molecule has 1 aliphatic rings. The predicted molar refractivity (Wildman–Crippen MR) is 122 cm³/mol. The fourth-order valence-electron chi connectivity index (χ4n) is 2.91. The van der Waals surface area contributed by atoms with Gasteiger partial charge in [-0.3, -0.25) is 9.79 Å². The van der Waals surface area contributed by atoms with Crippen LogP contribution in [0, 0.1) is 0 Å². The highest BCUT2D eigenvalue weighted by atomic mass is 127. The van der Waals surface area contributed by atoms with Crippen molar-refractivity contribution in [1.82, 2.24) is 15.5 Å². The number of hydrogen-bond donors (Lipinski definition) is 2. The van der Waals surface area contributed by atoms with E-state index in [1.807, 2.05) is 30.0 Å². The Kier molecular flexibility index (Phi) is 11.5. The summed E-state index contributed by atoms with van der Waals surface area (Å²) in [7, 11) is 1.63. The Balaban J connectivity index is 0.00000364. The number of rotatable bonds is 9. The summed E-state index contributed by atoms with van der Waals surface area (Å²) in [5.41, 5.74) is 1.07. The van der Waals surface area contributed by atoms with Crippen molar-refractivity contribution in [3.05, 3.63) is 28.8 Å². The van der Waals surface area contributed by atoms with Crippen molar-refractivity contribution in [3.63, 3.8) is 0 Å². The summed E-state index contributed by atoms with van der Waals surface area (Å²) in [6.45, 7) is 5.97. The molecule has 0 aromatic heterocycles. The molecule has 1 saturated heterocycles. The van der Waals surface area contributed by atoms with E-state index in [9.17, 15) is 4.79 Å². The smallest absolute Gasteiger partial charge is 0.222 e. The zero-order valence-corrected chi connectivity index (χ0v) is 19.2. The van der Waals surface area contributed by atoms with E-state index >= 15 is 0 Å². The van der Waals surface area contributed by atoms with Crippen molar-refractivity contribution in [2.75, 3.05) is 39.8 Å². The van der Waals surface area contributed by atoms with Gasteiger partial charge in [0.25, 0.3) is 0 Å². The van der Waals surface area contributed by atoms with Crippen LogP contribution in [0.15, 0.2) is 23.2 Å². The highest BCUT2D eigenvalue weighted by Crippen LogP contribution is 2.22. The number of benzene rings is 1. The lowest BCUT2D eigenvalue weighted by Gasteiger charge is -2.15. The second-order valence-electron chi connectivity index (χ2n) is 6.23. The molecular weight excluding hydrogens is 479 g/mol. The number of carbonyl (C=O) groups excluding carboxylic acids is 1. The first-order valence-electron chi connectivity index (χ1n) is 9.26. The molecule has 0 spiro atoms. The van der Waals surface area contributed by atoms with Crippen LogP contribution in [-0.2, 0) is 11.2 Å². The average molecular weight is 509 g/mol. The van der Waals surface area contributed by atoms with Gasteiger partial charge in [0.2, 0.25) is 5.91 Å². The Morgan fingerprint density at radius 3 is 2.81 bits per heavy atom. The fourth-order valence-corrected chi connectivity index (χ4v) is 3.17. The molecule has 1 heterocycles. The summed E-state index contributed by atoms with van der Waals surface area (Å²) in [4.78, 5) is 18.1. The molecule has 6 nitrogen and oxygen atoms in total. The molecule has 2 rings (SSSR count). The molecule has 0 unspecified atom stereocenters. The van der Waals surface area contributed by atoms with E-state index < -0.39 is 0 Å². The molecule has 0 bridgehead atoms. The third-order valence-electron chi connectivity index (χ3n) is 4.32. The number of guanidine groups is 1. The van der Waals surface area contributed by atoms with Crippen molar-refractivity contribution in [2.45, 2.75) is 32.6 Å². The summed E-state index contributed by atoms with van der Waals surface area (Å²) in [5, 5.41) is 7.29. The molecule has 1 fully saturated rings. The van der Waals surface area contributed by atoms with E-state index in [1.54, 1.807) is 7.11 Å². The molecule has 0 saturated carbocycles.